The molecule has 0 aliphatic heterocycles. The number of nitrogens with one attached hydrogen (secondary N) is 2. The van der Waals surface area contributed by atoms with E-state index in [0.717, 1.165) is 28.2 Å². The van der Waals surface area contributed by atoms with Crippen molar-refractivity contribution < 1.29 is 9.59 Å². The van der Waals surface area contributed by atoms with Gasteiger partial charge in [0, 0.05) is 34.2 Å². The van der Waals surface area contributed by atoms with Crippen LogP contribution in [0.25, 0.3) is 5.69 Å². The van der Waals surface area contributed by atoms with Crippen molar-refractivity contribution in [1.82, 2.24) is 15.3 Å². The summed E-state index contributed by atoms with van der Waals surface area (Å²) in [6.45, 7) is 4.33. The smallest absolute Gasteiger partial charge is 0.249 e. The summed E-state index contributed by atoms with van der Waals surface area (Å²) >= 11 is 6.10. The minimum absolute atomic E-state index is 0.286. The number of hydrazone groups is 1. The monoisotopic (exact) mass is 422 g/mol. The van der Waals surface area contributed by atoms with Gasteiger partial charge in [-0.3, -0.25) is 9.59 Å². The Labute approximate surface area is 180 Å². The van der Waals surface area contributed by atoms with Gasteiger partial charge in [-0.1, -0.05) is 48.0 Å². The second-order valence-corrected chi connectivity index (χ2v) is 7.31. The van der Waals surface area contributed by atoms with E-state index in [9.17, 15) is 9.59 Å². The maximum atomic E-state index is 12.0. The van der Waals surface area contributed by atoms with E-state index in [-0.39, 0.29) is 12.3 Å². The number of hydrogen-bond donors (Lipinski definition) is 2. The van der Waals surface area contributed by atoms with Crippen LogP contribution in [0.2, 0.25) is 5.02 Å². The van der Waals surface area contributed by atoms with E-state index < -0.39 is 5.91 Å². The topological polar surface area (TPSA) is 75.5 Å². The summed E-state index contributed by atoms with van der Waals surface area (Å²) in [7, 11) is 0. The maximum Gasteiger partial charge on any atom is 0.249 e. The lowest BCUT2D eigenvalue weighted by atomic mass is 10.2. The van der Waals surface area contributed by atoms with Crippen molar-refractivity contribution in [2.24, 2.45) is 5.10 Å². The Balaban J connectivity index is 1.55. The molecule has 2 aromatic carbocycles. The molecule has 0 bridgehead atoms. The molecule has 0 aliphatic carbocycles. The third-order valence-electron chi connectivity index (χ3n) is 4.58. The number of amides is 2. The van der Waals surface area contributed by atoms with Gasteiger partial charge in [-0.25, -0.2) is 5.43 Å². The van der Waals surface area contributed by atoms with Crippen LogP contribution in [0.5, 0.6) is 0 Å². The Morgan fingerprint density at radius 1 is 1.03 bits per heavy atom. The van der Waals surface area contributed by atoms with Crippen LogP contribution in [0.4, 0.5) is 0 Å². The molecular formula is C23H23ClN4O2. The fourth-order valence-electron chi connectivity index (χ4n) is 3.15. The third-order valence-corrected chi connectivity index (χ3v) is 4.82. The fourth-order valence-corrected chi connectivity index (χ4v) is 3.33. The van der Waals surface area contributed by atoms with E-state index in [1.807, 2.05) is 74.5 Å². The second kappa shape index (κ2) is 9.89. The fraction of sp³-hybridized carbons (Fsp3) is 0.174. The summed E-state index contributed by atoms with van der Waals surface area (Å²) in [6.07, 6.45) is 1.29. The molecule has 0 atom stereocenters. The standard InChI is InChI=1S/C23H23ClN4O2/c1-16-11-19(17(2)28(16)21-10-6-9-20(24)12-21)15-26-27-23(30)13-22(29)25-14-18-7-4-3-5-8-18/h3-12,15H,13-14H2,1-2H3,(H,25,29)(H,27,30)/b26-15+. The molecule has 7 heteroatoms. The summed E-state index contributed by atoms with van der Waals surface area (Å²) in [5.74, 6) is -0.828. The van der Waals surface area contributed by atoms with Crippen LogP contribution in [0, 0.1) is 13.8 Å². The summed E-state index contributed by atoms with van der Waals surface area (Å²) in [5, 5.41) is 7.37. The number of aryl methyl sites for hydroxylation is 1. The molecule has 154 valence electrons. The van der Waals surface area contributed by atoms with Crippen LogP contribution in [0.15, 0.2) is 65.8 Å². The maximum absolute atomic E-state index is 12.0. The number of rotatable bonds is 7. The molecule has 3 rings (SSSR count). The zero-order valence-corrected chi connectivity index (χ0v) is 17.6. The van der Waals surface area contributed by atoms with Crippen molar-refractivity contribution >= 4 is 29.6 Å². The van der Waals surface area contributed by atoms with Gasteiger partial charge in [0.1, 0.15) is 6.42 Å². The molecule has 1 aromatic heterocycles. The lowest BCUT2D eigenvalue weighted by Crippen LogP contribution is -2.29. The molecular weight excluding hydrogens is 400 g/mol. The van der Waals surface area contributed by atoms with Gasteiger partial charge < -0.3 is 9.88 Å². The normalized spacial score (nSPS) is 10.9. The molecule has 1 heterocycles. The van der Waals surface area contributed by atoms with Gasteiger partial charge >= 0.3 is 0 Å². The van der Waals surface area contributed by atoms with Gasteiger partial charge in [0.05, 0.1) is 6.21 Å². The molecule has 0 spiro atoms. The van der Waals surface area contributed by atoms with Crippen LogP contribution in [-0.4, -0.2) is 22.6 Å². The number of carbonyl (C=O) groups is 2. The number of hydrogen-bond acceptors (Lipinski definition) is 3. The van der Waals surface area contributed by atoms with Gasteiger partial charge in [0.25, 0.3) is 0 Å². The number of halogens is 1. The Morgan fingerprint density at radius 3 is 2.53 bits per heavy atom. The third kappa shape index (κ3) is 5.58. The first-order valence-electron chi connectivity index (χ1n) is 9.51. The summed E-state index contributed by atoms with van der Waals surface area (Å²) in [6, 6.07) is 19.1. The van der Waals surface area contributed by atoms with Gasteiger partial charge in [0.15, 0.2) is 0 Å². The minimum Gasteiger partial charge on any atom is -0.352 e. The average molecular weight is 423 g/mol. The highest BCUT2D eigenvalue weighted by molar-refractivity contribution is 6.30. The Morgan fingerprint density at radius 2 is 1.80 bits per heavy atom. The van der Waals surface area contributed by atoms with Crippen molar-refractivity contribution in [2.75, 3.05) is 0 Å². The van der Waals surface area contributed by atoms with E-state index >= 15 is 0 Å². The Kier molecular flexibility index (Phi) is 7.03. The summed E-state index contributed by atoms with van der Waals surface area (Å²) in [4.78, 5) is 23.9. The lowest BCUT2D eigenvalue weighted by molar-refractivity contribution is -0.129. The molecule has 2 amide bonds. The van der Waals surface area contributed by atoms with Crippen LogP contribution < -0.4 is 10.7 Å². The van der Waals surface area contributed by atoms with Crippen LogP contribution in [0.1, 0.15) is 28.9 Å². The number of nitrogens with zero attached hydrogens (tertiary/aromatic N) is 2. The molecule has 3 aromatic rings. The number of carbonyl (C=O) groups excluding carboxylic acids is 2. The zero-order valence-electron chi connectivity index (χ0n) is 16.9. The van der Waals surface area contributed by atoms with Crippen molar-refractivity contribution in [1.29, 1.82) is 0 Å². The van der Waals surface area contributed by atoms with Crippen molar-refractivity contribution in [3.05, 3.63) is 88.2 Å². The van der Waals surface area contributed by atoms with Crippen molar-refractivity contribution in [3.63, 3.8) is 0 Å². The van der Waals surface area contributed by atoms with Crippen LogP contribution in [-0.2, 0) is 16.1 Å². The first-order chi connectivity index (χ1) is 14.4. The average Bonchev–Trinajstić information content (AvgIpc) is 3.00. The van der Waals surface area contributed by atoms with Gasteiger partial charge in [-0.05, 0) is 43.7 Å². The van der Waals surface area contributed by atoms with E-state index in [2.05, 4.69) is 20.4 Å². The molecule has 2 N–H and O–H groups in total. The van der Waals surface area contributed by atoms with Crippen molar-refractivity contribution in [2.45, 2.75) is 26.8 Å². The van der Waals surface area contributed by atoms with E-state index in [1.54, 1.807) is 6.21 Å². The highest BCUT2D eigenvalue weighted by atomic mass is 35.5. The van der Waals surface area contributed by atoms with Crippen molar-refractivity contribution in [3.8, 4) is 5.69 Å². The summed E-state index contributed by atoms with van der Waals surface area (Å²) < 4.78 is 2.06. The molecule has 0 aliphatic rings. The molecule has 0 unspecified atom stereocenters. The Hall–Kier alpha value is -3.38. The lowest BCUT2D eigenvalue weighted by Gasteiger charge is -2.09. The van der Waals surface area contributed by atoms with E-state index in [0.29, 0.717) is 11.6 Å². The van der Waals surface area contributed by atoms with E-state index in [1.165, 1.54) is 0 Å². The van der Waals surface area contributed by atoms with Gasteiger partial charge in [0.2, 0.25) is 11.8 Å². The SMILES string of the molecule is Cc1cc(/C=N/NC(=O)CC(=O)NCc2ccccc2)c(C)n1-c1cccc(Cl)c1. The number of aromatic nitrogens is 1. The molecule has 0 saturated carbocycles. The number of benzene rings is 2. The molecule has 30 heavy (non-hydrogen) atoms. The zero-order chi connectivity index (χ0) is 21.5. The van der Waals surface area contributed by atoms with Crippen LogP contribution in [0.3, 0.4) is 0 Å². The second-order valence-electron chi connectivity index (χ2n) is 6.87. The highest BCUT2D eigenvalue weighted by Gasteiger charge is 2.11. The minimum atomic E-state index is -0.472. The largest absolute Gasteiger partial charge is 0.352 e. The van der Waals surface area contributed by atoms with Gasteiger partial charge in [-0.15, -0.1) is 0 Å². The molecule has 6 nitrogen and oxygen atoms in total. The molecule has 0 fully saturated rings. The van der Waals surface area contributed by atoms with E-state index in [4.69, 9.17) is 11.6 Å². The highest BCUT2D eigenvalue weighted by Crippen LogP contribution is 2.22. The van der Waals surface area contributed by atoms with Gasteiger partial charge in [-0.2, -0.15) is 5.10 Å². The summed E-state index contributed by atoms with van der Waals surface area (Å²) in [5.41, 5.74) is 7.18. The predicted molar refractivity (Wildman–Crippen MR) is 119 cm³/mol. The predicted octanol–water partition coefficient (Wildman–Crippen LogP) is 3.90. The quantitative estimate of drug-likeness (QED) is 0.344. The Bertz CT molecular complexity index is 1070. The van der Waals surface area contributed by atoms with Crippen LogP contribution >= 0.6 is 11.6 Å². The first kappa shape index (κ1) is 21.3. The first-order valence-corrected chi connectivity index (χ1v) is 9.89. The molecule has 0 radical (unpaired) electrons. The molecule has 0 saturated heterocycles.